The second-order valence-electron chi connectivity index (χ2n) is 4.36. The van der Waals surface area contributed by atoms with Gasteiger partial charge in [0.25, 0.3) is 0 Å². The quantitative estimate of drug-likeness (QED) is 0.442. The highest BCUT2D eigenvalue weighted by atomic mass is 35.5. The SMILES string of the molecule is C=CCCCn1cc(C(C)=O)c2c(Cl)cccc21. The number of ketones is 1. The van der Waals surface area contributed by atoms with Crippen LogP contribution in [0, 0.1) is 0 Å². The lowest BCUT2D eigenvalue weighted by Gasteiger charge is -2.03. The van der Waals surface area contributed by atoms with Crippen molar-refractivity contribution in [3.63, 3.8) is 0 Å². The molecule has 1 heterocycles. The Balaban J connectivity index is 2.51. The van der Waals surface area contributed by atoms with Gasteiger partial charge < -0.3 is 4.57 Å². The lowest BCUT2D eigenvalue weighted by molar-refractivity contribution is 0.101. The molecule has 0 saturated heterocycles. The number of carbonyl (C=O) groups is 1. The van der Waals surface area contributed by atoms with Crippen LogP contribution < -0.4 is 0 Å². The second kappa shape index (κ2) is 5.40. The molecule has 0 bridgehead atoms. The van der Waals surface area contributed by atoms with Crippen molar-refractivity contribution >= 4 is 28.3 Å². The van der Waals surface area contributed by atoms with Gasteiger partial charge in [0.15, 0.2) is 5.78 Å². The highest BCUT2D eigenvalue weighted by Gasteiger charge is 2.14. The Morgan fingerprint density at radius 1 is 1.50 bits per heavy atom. The molecule has 0 saturated carbocycles. The van der Waals surface area contributed by atoms with Crippen LogP contribution in [-0.2, 0) is 6.54 Å². The maximum Gasteiger partial charge on any atom is 0.162 e. The average molecular weight is 262 g/mol. The number of hydrogen-bond acceptors (Lipinski definition) is 1. The molecule has 1 aromatic heterocycles. The van der Waals surface area contributed by atoms with Gasteiger partial charge in [0, 0.05) is 23.7 Å². The molecule has 2 nitrogen and oxygen atoms in total. The molecule has 94 valence electrons. The van der Waals surface area contributed by atoms with Crippen molar-refractivity contribution in [3.05, 3.63) is 47.6 Å². The fourth-order valence-corrected chi connectivity index (χ4v) is 2.44. The normalized spacial score (nSPS) is 10.8. The summed E-state index contributed by atoms with van der Waals surface area (Å²) >= 11 is 6.20. The van der Waals surface area contributed by atoms with Crippen LogP contribution in [0.5, 0.6) is 0 Å². The van der Waals surface area contributed by atoms with Gasteiger partial charge in [-0.25, -0.2) is 0 Å². The summed E-state index contributed by atoms with van der Waals surface area (Å²) in [5.41, 5.74) is 1.73. The van der Waals surface area contributed by atoms with Crippen molar-refractivity contribution in [1.29, 1.82) is 0 Å². The van der Waals surface area contributed by atoms with Crippen molar-refractivity contribution in [3.8, 4) is 0 Å². The third kappa shape index (κ3) is 2.34. The Labute approximate surface area is 112 Å². The fourth-order valence-electron chi connectivity index (χ4n) is 2.17. The molecule has 2 aromatic rings. The van der Waals surface area contributed by atoms with Crippen molar-refractivity contribution in [2.45, 2.75) is 26.3 Å². The summed E-state index contributed by atoms with van der Waals surface area (Å²) in [4.78, 5) is 11.7. The molecule has 0 atom stereocenters. The summed E-state index contributed by atoms with van der Waals surface area (Å²) < 4.78 is 2.10. The van der Waals surface area contributed by atoms with E-state index < -0.39 is 0 Å². The molecule has 0 N–H and O–H groups in total. The minimum absolute atomic E-state index is 0.0515. The Morgan fingerprint density at radius 3 is 2.94 bits per heavy atom. The zero-order valence-electron chi connectivity index (χ0n) is 10.4. The van der Waals surface area contributed by atoms with Gasteiger partial charge in [-0.1, -0.05) is 23.7 Å². The fraction of sp³-hybridized carbons (Fsp3) is 0.267. The molecule has 0 aliphatic heterocycles. The van der Waals surface area contributed by atoms with Crippen molar-refractivity contribution in [2.24, 2.45) is 0 Å². The van der Waals surface area contributed by atoms with E-state index in [1.165, 1.54) is 0 Å². The van der Waals surface area contributed by atoms with Gasteiger partial charge >= 0.3 is 0 Å². The highest BCUT2D eigenvalue weighted by molar-refractivity contribution is 6.36. The van der Waals surface area contributed by atoms with Gasteiger partial charge in [-0.2, -0.15) is 0 Å². The minimum Gasteiger partial charge on any atom is -0.347 e. The molecule has 0 amide bonds. The van der Waals surface area contributed by atoms with Crippen LogP contribution in [0.1, 0.15) is 30.1 Å². The summed E-state index contributed by atoms with van der Waals surface area (Å²) in [5, 5.41) is 1.51. The van der Waals surface area contributed by atoms with Crippen LogP contribution in [0.15, 0.2) is 37.1 Å². The summed E-state index contributed by atoms with van der Waals surface area (Å²) in [6.07, 6.45) is 5.79. The first-order valence-corrected chi connectivity index (χ1v) is 6.42. The van der Waals surface area contributed by atoms with Crippen LogP contribution in [-0.4, -0.2) is 10.4 Å². The molecule has 0 unspecified atom stereocenters. The van der Waals surface area contributed by atoms with Crippen LogP contribution >= 0.6 is 11.6 Å². The van der Waals surface area contributed by atoms with Crippen molar-refractivity contribution < 1.29 is 4.79 Å². The first kappa shape index (κ1) is 12.9. The number of nitrogens with zero attached hydrogens (tertiary/aromatic N) is 1. The van der Waals surface area contributed by atoms with E-state index in [-0.39, 0.29) is 5.78 Å². The average Bonchev–Trinajstić information content (AvgIpc) is 2.70. The van der Waals surface area contributed by atoms with Crippen molar-refractivity contribution in [1.82, 2.24) is 4.57 Å². The Morgan fingerprint density at radius 2 is 2.28 bits per heavy atom. The van der Waals surface area contributed by atoms with Gasteiger partial charge in [0.2, 0.25) is 0 Å². The number of benzene rings is 1. The zero-order valence-corrected chi connectivity index (χ0v) is 11.2. The predicted molar refractivity (Wildman–Crippen MR) is 76.4 cm³/mol. The number of Topliss-reactive ketones (excluding diaryl/α,β-unsaturated/α-hetero) is 1. The molecular weight excluding hydrogens is 246 g/mol. The number of aryl methyl sites for hydroxylation is 1. The number of halogens is 1. The van der Waals surface area contributed by atoms with E-state index in [1.54, 1.807) is 6.92 Å². The zero-order chi connectivity index (χ0) is 13.1. The molecule has 3 heteroatoms. The maximum atomic E-state index is 11.7. The van der Waals surface area contributed by atoms with E-state index in [0.717, 1.165) is 30.3 Å². The third-order valence-electron chi connectivity index (χ3n) is 3.04. The predicted octanol–water partition coefficient (Wildman–Crippen LogP) is 4.46. The van der Waals surface area contributed by atoms with Gasteiger partial charge in [-0.3, -0.25) is 4.79 Å². The number of unbranched alkanes of at least 4 members (excludes halogenated alkanes) is 1. The van der Waals surface area contributed by atoms with Crippen LogP contribution in [0.4, 0.5) is 0 Å². The molecule has 0 aliphatic carbocycles. The van der Waals surface area contributed by atoms with E-state index in [0.29, 0.717) is 10.6 Å². The summed E-state index contributed by atoms with van der Waals surface area (Å²) in [6, 6.07) is 5.74. The van der Waals surface area contributed by atoms with Crippen LogP contribution in [0.25, 0.3) is 10.9 Å². The lowest BCUT2D eigenvalue weighted by atomic mass is 10.1. The lowest BCUT2D eigenvalue weighted by Crippen LogP contribution is -1.95. The molecule has 1 aromatic carbocycles. The van der Waals surface area contributed by atoms with E-state index in [1.807, 2.05) is 30.5 Å². The number of fused-ring (bicyclic) bond motifs is 1. The highest BCUT2D eigenvalue weighted by Crippen LogP contribution is 2.29. The molecule has 18 heavy (non-hydrogen) atoms. The van der Waals surface area contributed by atoms with Gasteiger partial charge in [-0.15, -0.1) is 6.58 Å². The van der Waals surface area contributed by atoms with E-state index in [2.05, 4.69) is 11.1 Å². The number of allylic oxidation sites excluding steroid dienone is 1. The smallest absolute Gasteiger partial charge is 0.162 e. The molecular formula is C15H16ClNO. The Kier molecular flexibility index (Phi) is 3.87. The third-order valence-corrected chi connectivity index (χ3v) is 3.36. The first-order chi connectivity index (χ1) is 8.65. The van der Waals surface area contributed by atoms with E-state index in [4.69, 9.17) is 11.6 Å². The van der Waals surface area contributed by atoms with E-state index in [9.17, 15) is 4.79 Å². The summed E-state index contributed by atoms with van der Waals surface area (Å²) in [7, 11) is 0. The van der Waals surface area contributed by atoms with Crippen molar-refractivity contribution in [2.75, 3.05) is 0 Å². The van der Waals surface area contributed by atoms with E-state index >= 15 is 0 Å². The molecule has 0 aliphatic rings. The van der Waals surface area contributed by atoms with Crippen LogP contribution in [0.3, 0.4) is 0 Å². The number of rotatable bonds is 5. The van der Waals surface area contributed by atoms with Gasteiger partial charge in [-0.05, 0) is 31.9 Å². The molecule has 2 rings (SSSR count). The monoisotopic (exact) mass is 261 g/mol. The molecule has 0 spiro atoms. The number of aromatic nitrogens is 1. The minimum atomic E-state index is 0.0515. The number of carbonyl (C=O) groups excluding carboxylic acids is 1. The van der Waals surface area contributed by atoms with Gasteiger partial charge in [0.05, 0.1) is 10.5 Å². The first-order valence-electron chi connectivity index (χ1n) is 6.04. The maximum absolute atomic E-state index is 11.7. The Hall–Kier alpha value is -1.54. The topological polar surface area (TPSA) is 22.0 Å². The number of hydrogen-bond donors (Lipinski definition) is 0. The Bertz CT molecular complexity index is 598. The molecule has 0 fully saturated rings. The molecule has 0 radical (unpaired) electrons. The second-order valence-corrected chi connectivity index (χ2v) is 4.76. The van der Waals surface area contributed by atoms with Gasteiger partial charge in [0.1, 0.15) is 0 Å². The standard InChI is InChI=1S/C15H16ClNO/c1-3-4-5-9-17-10-12(11(2)18)15-13(16)7-6-8-14(15)17/h3,6-8,10H,1,4-5,9H2,2H3. The van der Waals surface area contributed by atoms with Crippen LogP contribution in [0.2, 0.25) is 5.02 Å². The summed E-state index contributed by atoms with van der Waals surface area (Å²) in [6.45, 7) is 6.16. The largest absolute Gasteiger partial charge is 0.347 e. The summed E-state index contributed by atoms with van der Waals surface area (Å²) in [5.74, 6) is 0.0515.